The summed E-state index contributed by atoms with van der Waals surface area (Å²) >= 11 is 0. The summed E-state index contributed by atoms with van der Waals surface area (Å²) in [5.41, 5.74) is 1.07. The molecule has 1 N–H and O–H groups in total. The Labute approximate surface area is 98.7 Å². The molecule has 0 aliphatic heterocycles. The molecular formula is C13H23N3. The summed E-state index contributed by atoms with van der Waals surface area (Å²) in [5.74, 6) is 0.642. The number of nitrogens with zero attached hydrogens (tertiary/aromatic N) is 2. The summed E-state index contributed by atoms with van der Waals surface area (Å²) in [4.78, 5) is 8.59. The van der Waals surface area contributed by atoms with Crippen molar-refractivity contribution in [3.63, 3.8) is 0 Å². The van der Waals surface area contributed by atoms with Crippen molar-refractivity contribution < 1.29 is 0 Å². The largest absolute Gasteiger partial charge is 0.308 e. The zero-order valence-electron chi connectivity index (χ0n) is 10.6. The summed E-state index contributed by atoms with van der Waals surface area (Å²) in [6.07, 6.45) is 8.89. The lowest BCUT2D eigenvalue weighted by Gasteiger charge is -2.25. The van der Waals surface area contributed by atoms with E-state index in [4.69, 9.17) is 0 Å². The van der Waals surface area contributed by atoms with E-state index >= 15 is 0 Å². The molecule has 0 saturated heterocycles. The molecule has 3 heteroatoms. The molecule has 1 rings (SSSR count). The Balaban J connectivity index is 2.78. The summed E-state index contributed by atoms with van der Waals surface area (Å²) in [6.45, 7) is 7.71. The SMILES string of the molecule is CCCNC(c1cnccn1)C(CC)CC. The second-order valence-corrected chi connectivity index (χ2v) is 4.14. The van der Waals surface area contributed by atoms with Gasteiger partial charge in [-0.3, -0.25) is 9.97 Å². The Morgan fingerprint density at radius 2 is 1.94 bits per heavy atom. The van der Waals surface area contributed by atoms with Crippen molar-refractivity contribution >= 4 is 0 Å². The number of nitrogens with one attached hydrogen (secondary N) is 1. The van der Waals surface area contributed by atoms with E-state index in [0.29, 0.717) is 12.0 Å². The van der Waals surface area contributed by atoms with Crippen LogP contribution >= 0.6 is 0 Å². The van der Waals surface area contributed by atoms with E-state index < -0.39 is 0 Å². The van der Waals surface area contributed by atoms with Gasteiger partial charge in [-0.2, -0.15) is 0 Å². The van der Waals surface area contributed by atoms with Crippen LogP contribution in [0, 0.1) is 5.92 Å². The van der Waals surface area contributed by atoms with E-state index in [2.05, 4.69) is 36.1 Å². The molecule has 1 atom stereocenters. The van der Waals surface area contributed by atoms with Crippen molar-refractivity contribution in [2.45, 2.75) is 46.1 Å². The van der Waals surface area contributed by atoms with Gasteiger partial charge in [0.2, 0.25) is 0 Å². The number of rotatable bonds is 7. The van der Waals surface area contributed by atoms with E-state index in [1.807, 2.05) is 6.20 Å². The summed E-state index contributed by atoms with van der Waals surface area (Å²) < 4.78 is 0. The van der Waals surface area contributed by atoms with Gasteiger partial charge in [0.1, 0.15) is 0 Å². The Bertz CT molecular complexity index is 270. The second-order valence-electron chi connectivity index (χ2n) is 4.14. The van der Waals surface area contributed by atoms with Crippen molar-refractivity contribution in [1.82, 2.24) is 15.3 Å². The summed E-state index contributed by atoms with van der Waals surface area (Å²) in [7, 11) is 0. The summed E-state index contributed by atoms with van der Waals surface area (Å²) in [5, 5.41) is 3.59. The maximum Gasteiger partial charge on any atom is 0.0758 e. The van der Waals surface area contributed by atoms with E-state index in [0.717, 1.165) is 18.7 Å². The fourth-order valence-electron chi connectivity index (χ4n) is 2.04. The number of hydrogen-bond donors (Lipinski definition) is 1. The van der Waals surface area contributed by atoms with Crippen LogP contribution in [0.5, 0.6) is 0 Å². The lowest BCUT2D eigenvalue weighted by atomic mass is 9.92. The Morgan fingerprint density at radius 3 is 2.44 bits per heavy atom. The number of hydrogen-bond acceptors (Lipinski definition) is 3. The van der Waals surface area contributed by atoms with Crippen LogP contribution in [-0.2, 0) is 0 Å². The van der Waals surface area contributed by atoms with Gasteiger partial charge in [0.25, 0.3) is 0 Å². The standard InChI is InChI=1S/C13H23N3/c1-4-7-16-13(11(5-2)6-3)12-10-14-8-9-15-12/h8-11,13,16H,4-7H2,1-3H3. The monoisotopic (exact) mass is 221 g/mol. The van der Waals surface area contributed by atoms with Gasteiger partial charge >= 0.3 is 0 Å². The highest BCUT2D eigenvalue weighted by atomic mass is 15.0. The van der Waals surface area contributed by atoms with Gasteiger partial charge in [0, 0.05) is 18.6 Å². The van der Waals surface area contributed by atoms with Crippen LogP contribution in [0.15, 0.2) is 18.6 Å². The maximum absolute atomic E-state index is 4.42. The van der Waals surface area contributed by atoms with Gasteiger partial charge in [0.05, 0.1) is 11.7 Å². The molecule has 0 spiro atoms. The second kappa shape index (κ2) is 7.34. The molecule has 3 nitrogen and oxygen atoms in total. The smallest absolute Gasteiger partial charge is 0.0758 e. The fourth-order valence-corrected chi connectivity index (χ4v) is 2.04. The lowest BCUT2D eigenvalue weighted by Crippen LogP contribution is -2.29. The topological polar surface area (TPSA) is 37.8 Å². The summed E-state index contributed by atoms with van der Waals surface area (Å²) in [6, 6.07) is 0.351. The third kappa shape index (κ3) is 3.56. The van der Waals surface area contributed by atoms with E-state index in [-0.39, 0.29) is 0 Å². The van der Waals surface area contributed by atoms with Crippen LogP contribution in [0.2, 0.25) is 0 Å². The first-order valence-corrected chi connectivity index (χ1v) is 6.32. The average molecular weight is 221 g/mol. The van der Waals surface area contributed by atoms with Gasteiger partial charge < -0.3 is 5.32 Å². The molecule has 0 radical (unpaired) electrons. The van der Waals surface area contributed by atoms with Crippen molar-refractivity contribution in [2.75, 3.05) is 6.54 Å². The maximum atomic E-state index is 4.42. The highest BCUT2D eigenvalue weighted by Crippen LogP contribution is 2.25. The molecule has 0 aliphatic carbocycles. The van der Waals surface area contributed by atoms with Crippen LogP contribution in [0.25, 0.3) is 0 Å². The highest BCUT2D eigenvalue weighted by molar-refractivity contribution is 5.04. The third-order valence-electron chi connectivity index (χ3n) is 3.04. The third-order valence-corrected chi connectivity index (χ3v) is 3.04. The molecule has 0 aromatic carbocycles. The minimum absolute atomic E-state index is 0.351. The zero-order valence-corrected chi connectivity index (χ0v) is 10.6. The molecule has 0 bridgehead atoms. The van der Waals surface area contributed by atoms with Gasteiger partial charge in [-0.25, -0.2) is 0 Å². The predicted molar refractivity (Wildman–Crippen MR) is 67.1 cm³/mol. The zero-order chi connectivity index (χ0) is 11.8. The Kier molecular flexibility index (Phi) is 6.01. The first-order valence-electron chi connectivity index (χ1n) is 6.32. The fraction of sp³-hybridized carbons (Fsp3) is 0.692. The molecule has 16 heavy (non-hydrogen) atoms. The molecular weight excluding hydrogens is 198 g/mol. The molecule has 0 aliphatic rings. The molecule has 0 saturated carbocycles. The molecule has 0 amide bonds. The van der Waals surface area contributed by atoms with Crippen LogP contribution in [-0.4, -0.2) is 16.5 Å². The first-order chi connectivity index (χ1) is 7.83. The van der Waals surface area contributed by atoms with Crippen molar-refractivity contribution in [3.8, 4) is 0 Å². The Hall–Kier alpha value is -0.960. The van der Waals surface area contributed by atoms with E-state index in [1.54, 1.807) is 12.4 Å². The normalized spacial score (nSPS) is 13.0. The number of aromatic nitrogens is 2. The van der Waals surface area contributed by atoms with Gasteiger partial charge in [-0.15, -0.1) is 0 Å². The first kappa shape index (κ1) is 13.1. The molecule has 1 aromatic heterocycles. The van der Waals surface area contributed by atoms with Crippen LogP contribution in [0.3, 0.4) is 0 Å². The van der Waals surface area contributed by atoms with E-state index in [1.165, 1.54) is 12.8 Å². The molecule has 1 aromatic rings. The van der Waals surface area contributed by atoms with Gasteiger partial charge in [-0.1, -0.05) is 33.6 Å². The van der Waals surface area contributed by atoms with E-state index in [9.17, 15) is 0 Å². The molecule has 1 unspecified atom stereocenters. The van der Waals surface area contributed by atoms with Crippen LogP contribution in [0.1, 0.15) is 51.8 Å². The quantitative estimate of drug-likeness (QED) is 0.769. The highest BCUT2D eigenvalue weighted by Gasteiger charge is 2.20. The van der Waals surface area contributed by atoms with Gasteiger partial charge in [0.15, 0.2) is 0 Å². The van der Waals surface area contributed by atoms with Crippen molar-refractivity contribution in [2.24, 2.45) is 5.92 Å². The predicted octanol–water partition coefficient (Wildman–Crippen LogP) is 2.95. The minimum Gasteiger partial charge on any atom is -0.308 e. The molecule has 90 valence electrons. The Morgan fingerprint density at radius 1 is 1.19 bits per heavy atom. The van der Waals surface area contributed by atoms with Gasteiger partial charge in [-0.05, 0) is 18.9 Å². The van der Waals surface area contributed by atoms with Crippen LogP contribution < -0.4 is 5.32 Å². The van der Waals surface area contributed by atoms with Crippen molar-refractivity contribution in [3.05, 3.63) is 24.3 Å². The minimum atomic E-state index is 0.351. The van der Waals surface area contributed by atoms with Crippen molar-refractivity contribution in [1.29, 1.82) is 0 Å². The van der Waals surface area contributed by atoms with Crippen LogP contribution in [0.4, 0.5) is 0 Å². The molecule has 0 fully saturated rings. The lowest BCUT2D eigenvalue weighted by molar-refractivity contribution is 0.335. The average Bonchev–Trinajstić information content (AvgIpc) is 2.35. The molecule has 1 heterocycles.